The van der Waals surface area contributed by atoms with Crippen molar-refractivity contribution in [3.05, 3.63) is 0 Å². The predicted octanol–water partition coefficient (Wildman–Crippen LogP) is 3.42. The Labute approximate surface area is 153 Å². The first-order valence-corrected chi connectivity index (χ1v) is 9.87. The summed E-state index contributed by atoms with van der Waals surface area (Å²) in [5, 5.41) is 6.62. The molecule has 1 aliphatic rings. The second-order valence-corrected chi connectivity index (χ2v) is 8.41. The molecule has 2 N–H and O–H groups in total. The van der Waals surface area contributed by atoms with Crippen LogP contribution in [-0.2, 0) is 14.3 Å². The van der Waals surface area contributed by atoms with E-state index in [1.807, 2.05) is 20.8 Å². The lowest BCUT2D eigenvalue weighted by Crippen LogP contribution is -2.52. The van der Waals surface area contributed by atoms with Crippen LogP contribution in [0.2, 0.25) is 0 Å². The van der Waals surface area contributed by atoms with Gasteiger partial charge in [0, 0.05) is 19.0 Å². The number of rotatable bonds is 8. The van der Waals surface area contributed by atoms with E-state index >= 15 is 0 Å². The van der Waals surface area contributed by atoms with Crippen LogP contribution in [0.1, 0.15) is 80.6 Å². The van der Waals surface area contributed by atoms with Crippen LogP contribution >= 0.6 is 0 Å². The topological polar surface area (TPSA) is 67.4 Å². The summed E-state index contributed by atoms with van der Waals surface area (Å²) < 4.78 is 5.56. The Bertz CT molecular complexity index is 441. The molecule has 1 amide bonds. The van der Waals surface area contributed by atoms with Gasteiger partial charge in [-0.25, -0.2) is 0 Å². The average molecular weight is 355 g/mol. The summed E-state index contributed by atoms with van der Waals surface area (Å²) in [6, 6.07) is -0.112. The first-order chi connectivity index (χ1) is 11.6. The average Bonchev–Trinajstić information content (AvgIpc) is 2.93. The van der Waals surface area contributed by atoms with E-state index in [1.54, 1.807) is 6.92 Å². The van der Waals surface area contributed by atoms with Gasteiger partial charge in [-0.3, -0.25) is 14.9 Å². The summed E-state index contributed by atoms with van der Waals surface area (Å²) in [4.78, 5) is 24.2. The molecular formula is C20H38N2O3. The molecule has 1 saturated heterocycles. The lowest BCUT2D eigenvalue weighted by Gasteiger charge is -2.31. The molecule has 146 valence electrons. The molecule has 0 aliphatic carbocycles. The Morgan fingerprint density at radius 2 is 1.80 bits per heavy atom. The van der Waals surface area contributed by atoms with E-state index in [9.17, 15) is 9.59 Å². The lowest BCUT2D eigenvalue weighted by atomic mass is 9.85. The number of carbonyl (C=O) groups excluding carboxylic acids is 2. The van der Waals surface area contributed by atoms with Gasteiger partial charge in [-0.2, -0.15) is 0 Å². The van der Waals surface area contributed by atoms with E-state index in [1.165, 1.54) is 0 Å². The monoisotopic (exact) mass is 354 g/mol. The van der Waals surface area contributed by atoms with E-state index in [2.05, 4.69) is 31.4 Å². The second-order valence-electron chi connectivity index (χ2n) is 8.41. The number of carbonyl (C=O) groups is 2. The molecular weight excluding hydrogens is 316 g/mol. The molecule has 0 aromatic rings. The largest absolute Gasteiger partial charge is 0.459 e. The van der Waals surface area contributed by atoms with Gasteiger partial charge in [-0.15, -0.1) is 0 Å². The fourth-order valence-corrected chi connectivity index (χ4v) is 3.83. The molecule has 1 aliphatic heterocycles. The minimum atomic E-state index is -0.481. The standard InChI is InChI=1S/C20H38N2O3/c1-8-14(9-2)11-16(21-13(4)23)18-15(10-3)12-17(22-18)19(24)25-20(5,6)7/h14-18,22H,8-12H2,1-7H3,(H,21,23)/t15-,16-,17?,18+/m0/s1. The molecule has 25 heavy (non-hydrogen) atoms. The van der Waals surface area contributed by atoms with Crippen molar-refractivity contribution in [2.75, 3.05) is 0 Å². The van der Waals surface area contributed by atoms with Gasteiger partial charge in [-0.1, -0.05) is 40.0 Å². The zero-order chi connectivity index (χ0) is 19.2. The van der Waals surface area contributed by atoms with Gasteiger partial charge in [0.1, 0.15) is 11.6 Å². The number of nitrogens with one attached hydrogen (secondary N) is 2. The summed E-state index contributed by atoms with van der Waals surface area (Å²) in [6.07, 6.45) is 4.91. The van der Waals surface area contributed by atoms with E-state index in [0.717, 1.165) is 32.1 Å². The number of hydrogen-bond acceptors (Lipinski definition) is 4. The SMILES string of the molecule is CCC(CC)C[C@H](NC(C)=O)[C@@H]1NC(C(=O)OC(C)(C)C)C[C@@H]1CC. The minimum Gasteiger partial charge on any atom is -0.459 e. The third kappa shape index (κ3) is 6.96. The van der Waals surface area contributed by atoms with Crippen LogP contribution in [0.5, 0.6) is 0 Å². The Morgan fingerprint density at radius 3 is 2.24 bits per heavy atom. The number of amides is 1. The highest BCUT2D eigenvalue weighted by Crippen LogP contribution is 2.30. The van der Waals surface area contributed by atoms with E-state index in [-0.39, 0.29) is 30.0 Å². The molecule has 0 aromatic heterocycles. The van der Waals surface area contributed by atoms with Crippen LogP contribution in [0.15, 0.2) is 0 Å². The third-order valence-electron chi connectivity index (χ3n) is 5.22. The molecule has 4 atom stereocenters. The van der Waals surface area contributed by atoms with Gasteiger partial charge in [-0.05, 0) is 45.4 Å². The van der Waals surface area contributed by atoms with Gasteiger partial charge >= 0.3 is 5.97 Å². The molecule has 0 bridgehead atoms. The van der Waals surface area contributed by atoms with Crippen molar-refractivity contribution in [2.45, 2.75) is 104 Å². The van der Waals surface area contributed by atoms with Crippen molar-refractivity contribution >= 4 is 11.9 Å². The summed E-state index contributed by atoms with van der Waals surface area (Å²) in [5.74, 6) is 0.756. The van der Waals surface area contributed by atoms with Crippen molar-refractivity contribution in [2.24, 2.45) is 11.8 Å². The Balaban J connectivity index is 2.88. The molecule has 0 radical (unpaired) electrons. The van der Waals surface area contributed by atoms with Crippen molar-refractivity contribution < 1.29 is 14.3 Å². The Kier molecular flexibility index (Phi) is 8.39. The number of esters is 1. The summed E-state index contributed by atoms with van der Waals surface area (Å²) >= 11 is 0. The van der Waals surface area contributed by atoms with E-state index < -0.39 is 5.60 Å². The maximum atomic E-state index is 12.5. The van der Waals surface area contributed by atoms with E-state index in [4.69, 9.17) is 4.74 Å². The molecule has 1 unspecified atom stereocenters. The van der Waals surface area contributed by atoms with Gasteiger partial charge < -0.3 is 10.1 Å². The van der Waals surface area contributed by atoms with Gasteiger partial charge in [0.2, 0.25) is 5.91 Å². The fraction of sp³-hybridized carbons (Fsp3) is 0.900. The molecule has 1 fully saturated rings. The van der Waals surface area contributed by atoms with Gasteiger partial charge in [0.05, 0.1) is 0 Å². The lowest BCUT2D eigenvalue weighted by molar-refractivity contribution is -0.157. The second kappa shape index (κ2) is 9.56. The zero-order valence-corrected chi connectivity index (χ0v) is 17.1. The van der Waals surface area contributed by atoms with Crippen LogP contribution in [0, 0.1) is 11.8 Å². The van der Waals surface area contributed by atoms with Gasteiger partial charge in [0.15, 0.2) is 0 Å². The van der Waals surface area contributed by atoms with Crippen LogP contribution in [0.4, 0.5) is 0 Å². The van der Waals surface area contributed by atoms with Crippen molar-refractivity contribution in [1.29, 1.82) is 0 Å². The highest BCUT2D eigenvalue weighted by molar-refractivity contribution is 5.77. The quantitative estimate of drug-likeness (QED) is 0.656. The molecule has 5 heteroatoms. The first-order valence-electron chi connectivity index (χ1n) is 9.87. The third-order valence-corrected chi connectivity index (χ3v) is 5.22. The smallest absolute Gasteiger partial charge is 0.323 e. The fourth-order valence-electron chi connectivity index (χ4n) is 3.83. The van der Waals surface area contributed by atoms with Crippen molar-refractivity contribution in [1.82, 2.24) is 10.6 Å². The normalized spacial score (nSPS) is 25.0. The molecule has 0 saturated carbocycles. The van der Waals surface area contributed by atoms with Crippen molar-refractivity contribution in [3.8, 4) is 0 Å². The van der Waals surface area contributed by atoms with Crippen LogP contribution in [0.3, 0.4) is 0 Å². The van der Waals surface area contributed by atoms with Gasteiger partial charge in [0.25, 0.3) is 0 Å². The number of ether oxygens (including phenoxy) is 1. The van der Waals surface area contributed by atoms with Crippen molar-refractivity contribution in [3.63, 3.8) is 0 Å². The highest BCUT2D eigenvalue weighted by Gasteiger charge is 2.42. The summed E-state index contributed by atoms with van der Waals surface area (Å²) in [7, 11) is 0. The molecule has 5 nitrogen and oxygen atoms in total. The number of hydrogen-bond donors (Lipinski definition) is 2. The molecule has 0 aromatic carbocycles. The van der Waals surface area contributed by atoms with Crippen LogP contribution < -0.4 is 10.6 Å². The summed E-state index contributed by atoms with van der Waals surface area (Å²) in [6.45, 7) is 13.8. The molecule has 1 heterocycles. The Hall–Kier alpha value is -1.10. The summed E-state index contributed by atoms with van der Waals surface area (Å²) in [5.41, 5.74) is -0.481. The predicted molar refractivity (Wildman–Crippen MR) is 101 cm³/mol. The zero-order valence-electron chi connectivity index (χ0n) is 17.1. The van der Waals surface area contributed by atoms with E-state index in [0.29, 0.717) is 11.8 Å². The molecule has 0 spiro atoms. The van der Waals surface area contributed by atoms with Crippen LogP contribution in [0.25, 0.3) is 0 Å². The maximum absolute atomic E-state index is 12.5. The van der Waals surface area contributed by atoms with Crippen LogP contribution in [-0.4, -0.2) is 35.6 Å². The first kappa shape index (κ1) is 21.9. The Morgan fingerprint density at radius 1 is 1.20 bits per heavy atom. The maximum Gasteiger partial charge on any atom is 0.323 e. The highest BCUT2D eigenvalue weighted by atomic mass is 16.6. The molecule has 1 rings (SSSR count). The minimum absolute atomic E-state index is 0.00618.